The molecular formula is C33H43N3O8S. The molecule has 0 aromatic heterocycles. The van der Waals surface area contributed by atoms with E-state index in [4.69, 9.17) is 18.9 Å². The van der Waals surface area contributed by atoms with Gasteiger partial charge in [-0.1, -0.05) is 56.3 Å². The molecule has 2 aromatic carbocycles. The summed E-state index contributed by atoms with van der Waals surface area (Å²) < 4.78 is 52.4. The molecule has 5 unspecified atom stereocenters. The SMILES string of the molecule is CC1=NCC(c2ccc(S(=O)(=O)N(CC(C)C)C[C@@H](O)[C@H](Cc3ccccc3)NC(=O)OC3C4COC5OC[C@H]3CC54)cc2)O1. The number of aliphatic hydroxyl groups excluding tert-OH is 1. The van der Waals surface area contributed by atoms with Gasteiger partial charge in [0.1, 0.15) is 12.2 Å². The topological polar surface area (TPSA) is 136 Å². The minimum atomic E-state index is -3.98. The van der Waals surface area contributed by atoms with Crippen molar-refractivity contribution >= 4 is 22.0 Å². The van der Waals surface area contributed by atoms with E-state index in [1.54, 1.807) is 31.2 Å². The lowest BCUT2D eigenvalue weighted by Crippen LogP contribution is -2.52. The van der Waals surface area contributed by atoms with Crippen LogP contribution in [0.2, 0.25) is 0 Å². The number of ether oxygens (including phenoxy) is 4. The molecule has 3 fully saturated rings. The van der Waals surface area contributed by atoms with Gasteiger partial charge in [-0.2, -0.15) is 4.31 Å². The number of sulfonamides is 1. The van der Waals surface area contributed by atoms with Crippen LogP contribution in [-0.2, 0) is 35.4 Å². The van der Waals surface area contributed by atoms with Crippen molar-refractivity contribution in [2.75, 3.05) is 32.8 Å². The van der Waals surface area contributed by atoms with Gasteiger partial charge >= 0.3 is 6.09 Å². The second kappa shape index (κ2) is 13.4. The van der Waals surface area contributed by atoms with Gasteiger partial charge < -0.3 is 29.4 Å². The number of hydrogen-bond acceptors (Lipinski definition) is 9. The van der Waals surface area contributed by atoms with Crippen LogP contribution in [-0.4, -0.2) is 87.2 Å². The van der Waals surface area contributed by atoms with Gasteiger partial charge in [0.15, 0.2) is 12.2 Å². The standard InChI is InChI=1S/C33H43N3O8S/c1-20(2)16-36(45(39,40)25-11-9-23(10-12-25)30-15-34-21(3)43-30)17-29(37)28(13-22-7-5-4-6-8-22)35-33(38)44-31-24-14-26-27(31)19-42-32(26)41-18-24/h4-12,20,24,26-32,37H,13-19H2,1-3H3,(H,35,38)/t24-,26?,27?,28+,29-,30?,31?,32?/m1/s1. The Morgan fingerprint density at radius 1 is 1.07 bits per heavy atom. The largest absolute Gasteiger partial charge is 0.471 e. The summed E-state index contributed by atoms with van der Waals surface area (Å²) in [6.45, 7) is 7.09. The molecule has 11 nitrogen and oxygen atoms in total. The molecule has 45 heavy (non-hydrogen) atoms. The van der Waals surface area contributed by atoms with Gasteiger partial charge in [0.05, 0.1) is 36.8 Å². The van der Waals surface area contributed by atoms with Gasteiger partial charge in [0, 0.05) is 37.8 Å². The monoisotopic (exact) mass is 641 g/mol. The average molecular weight is 642 g/mol. The first-order valence-electron chi connectivity index (χ1n) is 15.8. The third-order valence-corrected chi connectivity index (χ3v) is 11.1. The summed E-state index contributed by atoms with van der Waals surface area (Å²) >= 11 is 0. The van der Waals surface area contributed by atoms with E-state index >= 15 is 0 Å². The molecule has 8 atom stereocenters. The summed E-state index contributed by atoms with van der Waals surface area (Å²) in [6.07, 6.45) is -1.47. The predicted octanol–water partition coefficient (Wildman–Crippen LogP) is 3.53. The number of carbonyl (C=O) groups excluding carboxylic acids is 1. The Bertz CT molecular complexity index is 1470. The Kier molecular flexibility index (Phi) is 9.49. The molecule has 6 rings (SSSR count). The lowest BCUT2D eigenvalue weighted by atomic mass is 9.98. The molecule has 1 amide bonds. The molecular weight excluding hydrogens is 598 g/mol. The zero-order valence-electron chi connectivity index (χ0n) is 25.9. The van der Waals surface area contributed by atoms with E-state index in [0.717, 1.165) is 17.5 Å². The highest BCUT2D eigenvalue weighted by Gasteiger charge is 2.56. The zero-order valence-corrected chi connectivity index (χ0v) is 26.8. The average Bonchev–Trinajstić information content (AvgIpc) is 3.71. The van der Waals surface area contributed by atoms with Crippen LogP contribution in [0.5, 0.6) is 0 Å². The number of carbonyl (C=O) groups is 1. The number of aliphatic imine (C=N–C) groups is 1. The molecule has 2 aromatic rings. The second-order valence-corrected chi connectivity index (χ2v) is 14.9. The number of nitrogens with zero attached hydrogens (tertiary/aromatic N) is 2. The molecule has 244 valence electrons. The Labute approximate surface area is 265 Å². The number of benzene rings is 2. The number of hydrogen-bond donors (Lipinski definition) is 2. The minimum Gasteiger partial charge on any atom is -0.471 e. The lowest BCUT2D eigenvalue weighted by Gasteiger charge is -2.31. The fourth-order valence-electron chi connectivity index (χ4n) is 6.99. The van der Waals surface area contributed by atoms with Crippen molar-refractivity contribution in [3.8, 4) is 0 Å². The van der Waals surface area contributed by atoms with E-state index in [-0.39, 0.29) is 60.2 Å². The first-order chi connectivity index (χ1) is 21.6. The molecule has 1 saturated carbocycles. The van der Waals surface area contributed by atoms with Crippen molar-refractivity contribution in [2.24, 2.45) is 28.7 Å². The number of amides is 1. The van der Waals surface area contributed by atoms with Crippen molar-refractivity contribution in [3.63, 3.8) is 0 Å². The summed E-state index contributed by atoms with van der Waals surface area (Å²) in [6, 6.07) is 15.3. The van der Waals surface area contributed by atoms with Gasteiger partial charge in [-0.15, -0.1) is 0 Å². The Morgan fingerprint density at radius 3 is 2.49 bits per heavy atom. The molecule has 0 radical (unpaired) electrons. The minimum absolute atomic E-state index is 0.00911. The molecule has 2 N–H and O–H groups in total. The third kappa shape index (κ3) is 7.05. The Morgan fingerprint density at radius 2 is 1.80 bits per heavy atom. The van der Waals surface area contributed by atoms with Crippen LogP contribution in [0.25, 0.3) is 0 Å². The molecule has 2 bridgehead atoms. The van der Waals surface area contributed by atoms with E-state index < -0.39 is 28.3 Å². The van der Waals surface area contributed by atoms with Gasteiger partial charge in [-0.3, -0.25) is 4.99 Å². The van der Waals surface area contributed by atoms with Gasteiger partial charge in [0.2, 0.25) is 10.0 Å². The highest BCUT2D eigenvalue weighted by molar-refractivity contribution is 7.89. The van der Waals surface area contributed by atoms with Crippen LogP contribution in [0, 0.1) is 23.7 Å². The molecule has 12 heteroatoms. The van der Waals surface area contributed by atoms with Gasteiger partial charge in [-0.25, -0.2) is 13.2 Å². The normalized spacial score (nSPS) is 28.5. The Balaban J connectivity index is 1.17. The maximum atomic E-state index is 13.9. The second-order valence-electron chi connectivity index (χ2n) is 13.0. The van der Waals surface area contributed by atoms with E-state index in [0.29, 0.717) is 32.1 Å². The van der Waals surface area contributed by atoms with E-state index in [9.17, 15) is 18.3 Å². The first kappa shape index (κ1) is 31.9. The van der Waals surface area contributed by atoms with E-state index in [1.165, 1.54) is 4.31 Å². The van der Waals surface area contributed by atoms with Crippen molar-refractivity contribution in [3.05, 3.63) is 65.7 Å². The van der Waals surface area contributed by atoms with Crippen molar-refractivity contribution < 1.29 is 37.3 Å². The third-order valence-electron chi connectivity index (χ3n) is 9.24. The van der Waals surface area contributed by atoms with Crippen LogP contribution < -0.4 is 5.32 Å². The first-order valence-corrected chi connectivity index (χ1v) is 17.2. The molecule has 2 saturated heterocycles. The number of nitrogens with one attached hydrogen (secondary N) is 1. The summed E-state index contributed by atoms with van der Waals surface area (Å²) in [5, 5.41) is 14.5. The molecule has 1 aliphatic carbocycles. The summed E-state index contributed by atoms with van der Waals surface area (Å²) in [7, 11) is -3.98. The molecule has 0 spiro atoms. The summed E-state index contributed by atoms with van der Waals surface area (Å²) in [5.74, 6) is 1.01. The summed E-state index contributed by atoms with van der Waals surface area (Å²) in [5.41, 5.74) is 1.73. The van der Waals surface area contributed by atoms with Crippen molar-refractivity contribution in [2.45, 2.75) is 69.2 Å². The number of alkyl carbamates (subject to hydrolysis) is 1. The highest BCUT2D eigenvalue weighted by atomic mass is 32.2. The number of fused-ring (bicyclic) bond motifs is 1. The Hall–Kier alpha value is -3.03. The maximum absolute atomic E-state index is 13.9. The van der Waals surface area contributed by atoms with E-state index in [1.807, 2.05) is 44.2 Å². The van der Waals surface area contributed by atoms with Crippen LogP contribution >= 0.6 is 0 Å². The maximum Gasteiger partial charge on any atom is 0.407 e. The van der Waals surface area contributed by atoms with Crippen LogP contribution in [0.1, 0.15) is 44.4 Å². The summed E-state index contributed by atoms with van der Waals surface area (Å²) in [4.78, 5) is 17.7. The predicted molar refractivity (Wildman–Crippen MR) is 166 cm³/mol. The van der Waals surface area contributed by atoms with Crippen LogP contribution in [0.3, 0.4) is 0 Å². The highest BCUT2D eigenvalue weighted by Crippen LogP contribution is 2.49. The lowest BCUT2D eigenvalue weighted by molar-refractivity contribution is -0.169. The van der Waals surface area contributed by atoms with Crippen LogP contribution in [0.15, 0.2) is 64.5 Å². The fraction of sp³-hybridized carbons (Fsp3) is 0.576. The zero-order chi connectivity index (χ0) is 31.7. The smallest absolute Gasteiger partial charge is 0.407 e. The van der Waals surface area contributed by atoms with E-state index in [2.05, 4.69) is 10.3 Å². The fourth-order valence-corrected chi connectivity index (χ4v) is 8.61. The van der Waals surface area contributed by atoms with Crippen LogP contribution in [0.4, 0.5) is 4.79 Å². The number of rotatable bonds is 12. The van der Waals surface area contributed by atoms with Gasteiger partial charge in [0.25, 0.3) is 0 Å². The number of aliphatic hydroxyl groups is 1. The van der Waals surface area contributed by atoms with Gasteiger partial charge in [-0.05, 0) is 42.0 Å². The molecule has 3 heterocycles. The molecule has 3 aliphatic heterocycles. The molecule has 4 aliphatic rings. The quantitative estimate of drug-likeness (QED) is 0.360. The van der Waals surface area contributed by atoms with Crippen molar-refractivity contribution in [1.82, 2.24) is 9.62 Å². The van der Waals surface area contributed by atoms with Crippen molar-refractivity contribution in [1.29, 1.82) is 0 Å².